The highest BCUT2D eigenvalue weighted by Gasteiger charge is 2.20. The number of nitrogens with zero attached hydrogens (tertiary/aromatic N) is 3. The fraction of sp³-hybridized carbons (Fsp3) is 0.292. The van der Waals surface area contributed by atoms with Gasteiger partial charge in [-0.3, -0.25) is 14.6 Å². The van der Waals surface area contributed by atoms with Crippen LogP contribution in [-0.2, 0) is 4.79 Å². The third kappa shape index (κ3) is 6.15. The minimum absolute atomic E-state index is 0.0477. The summed E-state index contributed by atoms with van der Waals surface area (Å²) in [5.41, 5.74) is 7.39. The molecule has 0 aliphatic rings. The molecule has 34 heavy (non-hydrogen) atoms. The van der Waals surface area contributed by atoms with Crippen LogP contribution < -0.4 is 10.6 Å². The van der Waals surface area contributed by atoms with Crippen LogP contribution in [0.5, 0.6) is 0 Å². The molecular weight excluding hydrogens is 468 g/mol. The van der Waals surface area contributed by atoms with Gasteiger partial charge in [-0.15, -0.1) is 22.7 Å². The number of imidazole rings is 1. The van der Waals surface area contributed by atoms with Gasteiger partial charge in [0.2, 0.25) is 5.91 Å². The zero-order valence-electron chi connectivity index (χ0n) is 18.8. The Balaban J connectivity index is 1.44. The molecule has 0 fully saturated rings. The number of hydrogen-bond donors (Lipinski definition) is 3. The first-order chi connectivity index (χ1) is 16.6. The van der Waals surface area contributed by atoms with E-state index in [0.29, 0.717) is 23.5 Å². The fourth-order valence-electron chi connectivity index (χ4n) is 3.61. The van der Waals surface area contributed by atoms with Crippen LogP contribution in [0, 0.1) is 0 Å². The molecule has 3 aromatic heterocycles. The van der Waals surface area contributed by atoms with Crippen molar-refractivity contribution in [1.82, 2.24) is 30.6 Å². The second-order valence-electron chi connectivity index (χ2n) is 7.80. The van der Waals surface area contributed by atoms with Crippen molar-refractivity contribution in [3.8, 4) is 22.5 Å². The third-order valence-corrected chi connectivity index (χ3v) is 6.84. The van der Waals surface area contributed by atoms with Crippen LogP contribution in [-0.4, -0.2) is 38.8 Å². The molecular formula is C24H26N6O2S2. The van der Waals surface area contributed by atoms with Crippen LogP contribution in [0.25, 0.3) is 22.5 Å². The molecule has 2 amide bonds. The van der Waals surface area contributed by atoms with Gasteiger partial charge in [-0.25, -0.2) is 9.97 Å². The number of H-pyrrole nitrogens is 1. The average Bonchev–Trinajstić information content (AvgIpc) is 3.65. The molecule has 0 radical (unpaired) electrons. The summed E-state index contributed by atoms with van der Waals surface area (Å²) in [7, 11) is 1.65. The number of carbonyl (C=O) groups is 2. The SMILES string of the molecule is CNC(=O)CCCCC[C@H](NC(=O)c1cncs1)c1ncc(-c2ccc(-c3cscn3)cc2)[nH]1. The molecule has 176 valence electrons. The van der Waals surface area contributed by atoms with E-state index in [0.717, 1.165) is 41.8 Å². The first kappa shape index (κ1) is 23.8. The number of unbranched alkanes of at least 4 members (excludes halogenated alkanes) is 2. The molecule has 4 rings (SSSR count). The lowest BCUT2D eigenvalue weighted by Crippen LogP contribution is -2.28. The molecule has 0 aliphatic heterocycles. The van der Waals surface area contributed by atoms with E-state index in [1.54, 1.807) is 36.3 Å². The molecule has 3 heterocycles. The van der Waals surface area contributed by atoms with Crippen molar-refractivity contribution < 1.29 is 9.59 Å². The zero-order valence-corrected chi connectivity index (χ0v) is 20.4. The van der Waals surface area contributed by atoms with Crippen LogP contribution in [0.2, 0.25) is 0 Å². The second-order valence-corrected chi connectivity index (χ2v) is 9.40. The van der Waals surface area contributed by atoms with E-state index < -0.39 is 0 Å². The minimum atomic E-state index is -0.266. The van der Waals surface area contributed by atoms with Crippen molar-refractivity contribution in [2.45, 2.75) is 38.1 Å². The van der Waals surface area contributed by atoms with Crippen molar-refractivity contribution in [3.05, 3.63) is 63.8 Å². The number of thiazole rings is 2. The molecule has 10 heteroatoms. The van der Waals surface area contributed by atoms with Crippen LogP contribution in [0.3, 0.4) is 0 Å². The standard InChI is InChI=1S/C24H26N6O2S2/c1-25-22(31)6-4-2-3-5-18(30-24(32)21-12-26-14-34-21)23-27-11-19(29-23)16-7-9-17(10-8-16)20-13-33-15-28-20/h7-15,18H,2-6H2,1H3,(H,25,31)(H,27,29)(H,30,32)/t18-/m0/s1. The van der Waals surface area contributed by atoms with Crippen molar-refractivity contribution in [2.24, 2.45) is 0 Å². The molecule has 1 aromatic carbocycles. The normalized spacial score (nSPS) is 11.8. The van der Waals surface area contributed by atoms with E-state index in [4.69, 9.17) is 0 Å². The third-order valence-electron chi connectivity index (χ3n) is 5.49. The Morgan fingerprint density at radius 1 is 1.03 bits per heavy atom. The van der Waals surface area contributed by atoms with Gasteiger partial charge in [-0.05, 0) is 18.4 Å². The Bertz CT molecular complexity index is 1190. The van der Waals surface area contributed by atoms with Crippen molar-refractivity contribution >= 4 is 34.5 Å². The van der Waals surface area contributed by atoms with Crippen molar-refractivity contribution in [3.63, 3.8) is 0 Å². The van der Waals surface area contributed by atoms with Gasteiger partial charge in [0.1, 0.15) is 10.7 Å². The van der Waals surface area contributed by atoms with Gasteiger partial charge in [-0.2, -0.15) is 0 Å². The van der Waals surface area contributed by atoms with E-state index >= 15 is 0 Å². The summed E-state index contributed by atoms with van der Waals surface area (Å²) in [6, 6.07) is 7.89. The van der Waals surface area contributed by atoms with Crippen LogP contribution >= 0.6 is 22.7 Å². The van der Waals surface area contributed by atoms with Crippen molar-refractivity contribution in [1.29, 1.82) is 0 Å². The molecule has 0 aliphatic carbocycles. The van der Waals surface area contributed by atoms with Gasteiger partial charge < -0.3 is 15.6 Å². The van der Waals surface area contributed by atoms with Crippen LogP contribution in [0.15, 0.2) is 53.1 Å². The first-order valence-electron chi connectivity index (χ1n) is 11.1. The summed E-state index contributed by atoms with van der Waals surface area (Å²) < 4.78 is 0. The Labute approximate surface area is 205 Å². The lowest BCUT2D eigenvalue weighted by molar-refractivity contribution is -0.120. The Morgan fingerprint density at radius 3 is 2.56 bits per heavy atom. The number of nitrogens with one attached hydrogen (secondary N) is 3. The van der Waals surface area contributed by atoms with Gasteiger partial charge >= 0.3 is 0 Å². The van der Waals surface area contributed by atoms with E-state index in [2.05, 4.69) is 30.6 Å². The summed E-state index contributed by atoms with van der Waals surface area (Å²) in [4.78, 5) is 41.0. The number of carbonyl (C=O) groups excluding carboxylic acids is 2. The van der Waals surface area contributed by atoms with Gasteiger partial charge in [-0.1, -0.05) is 37.1 Å². The lowest BCUT2D eigenvalue weighted by atomic mass is 10.1. The molecule has 0 unspecified atom stereocenters. The highest BCUT2D eigenvalue weighted by molar-refractivity contribution is 7.11. The van der Waals surface area contributed by atoms with E-state index in [-0.39, 0.29) is 17.9 Å². The van der Waals surface area contributed by atoms with Crippen LogP contribution in [0.1, 0.15) is 53.6 Å². The van der Waals surface area contributed by atoms with Gasteiger partial charge in [0, 0.05) is 24.4 Å². The number of rotatable bonds is 11. The Kier molecular flexibility index (Phi) is 8.16. The highest BCUT2D eigenvalue weighted by atomic mass is 32.1. The first-order valence-corrected chi connectivity index (χ1v) is 12.9. The maximum absolute atomic E-state index is 12.7. The summed E-state index contributed by atoms with van der Waals surface area (Å²) in [5.74, 6) is 0.595. The topological polar surface area (TPSA) is 113 Å². The maximum Gasteiger partial charge on any atom is 0.263 e. The monoisotopic (exact) mass is 494 g/mol. The molecule has 4 aromatic rings. The summed E-state index contributed by atoms with van der Waals surface area (Å²) in [6.07, 6.45) is 7.16. The fourth-order valence-corrected chi connectivity index (χ4v) is 4.69. The molecule has 8 nitrogen and oxygen atoms in total. The largest absolute Gasteiger partial charge is 0.359 e. The lowest BCUT2D eigenvalue weighted by Gasteiger charge is -2.16. The number of aromatic nitrogens is 4. The van der Waals surface area contributed by atoms with Crippen molar-refractivity contribution in [2.75, 3.05) is 7.05 Å². The van der Waals surface area contributed by atoms with E-state index in [1.807, 2.05) is 35.2 Å². The molecule has 0 bridgehead atoms. The number of aromatic amines is 1. The number of benzene rings is 1. The van der Waals surface area contributed by atoms with Crippen LogP contribution in [0.4, 0.5) is 0 Å². The van der Waals surface area contributed by atoms with E-state index in [1.165, 1.54) is 11.3 Å². The highest BCUT2D eigenvalue weighted by Crippen LogP contribution is 2.26. The zero-order chi connectivity index (χ0) is 23.8. The molecule has 0 spiro atoms. The summed E-state index contributed by atoms with van der Waals surface area (Å²) in [5, 5.41) is 7.76. The molecule has 3 N–H and O–H groups in total. The second kappa shape index (κ2) is 11.7. The van der Waals surface area contributed by atoms with Gasteiger partial charge in [0.15, 0.2) is 0 Å². The molecule has 0 saturated carbocycles. The summed E-state index contributed by atoms with van der Waals surface area (Å²) in [6.45, 7) is 0. The number of amides is 2. The predicted molar refractivity (Wildman–Crippen MR) is 135 cm³/mol. The Hall–Kier alpha value is -3.37. The quantitative estimate of drug-likeness (QED) is 0.259. The smallest absolute Gasteiger partial charge is 0.263 e. The molecule has 1 atom stereocenters. The van der Waals surface area contributed by atoms with E-state index in [9.17, 15) is 9.59 Å². The Morgan fingerprint density at radius 2 is 1.85 bits per heavy atom. The van der Waals surface area contributed by atoms with Gasteiger partial charge in [0.25, 0.3) is 5.91 Å². The number of hydrogen-bond acceptors (Lipinski definition) is 7. The minimum Gasteiger partial charge on any atom is -0.359 e. The average molecular weight is 495 g/mol. The summed E-state index contributed by atoms with van der Waals surface area (Å²) >= 11 is 2.88. The van der Waals surface area contributed by atoms with Gasteiger partial charge in [0.05, 0.1) is 40.8 Å². The molecule has 0 saturated heterocycles. The predicted octanol–water partition coefficient (Wildman–Crippen LogP) is 4.82. The maximum atomic E-state index is 12.7.